The van der Waals surface area contributed by atoms with E-state index in [0.717, 1.165) is 17.0 Å². The van der Waals surface area contributed by atoms with E-state index >= 15 is 0 Å². The minimum absolute atomic E-state index is 0.0142. The summed E-state index contributed by atoms with van der Waals surface area (Å²) in [7, 11) is -4.17. The van der Waals surface area contributed by atoms with Crippen LogP contribution in [-0.4, -0.2) is 65.9 Å². The number of benzodiazepines with no additional fused rings is 1. The summed E-state index contributed by atoms with van der Waals surface area (Å²) in [6, 6.07) is 15.0. The average molecular weight is 903 g/mol. The van der Waals surface area contributed by atoms with Crippen molar-refractivity contribution in [2.45, 2.75) is 97.4 Å². The number of rotatable bonds is 15. The summed E-state index contributed by atoms with van der Waals surface area (Å²) in [5.41, 5.74) is 3.77. The van der Waals surface area contributed by atoms with Gasteiger partial charge in [0.2, 0.25) is 18.0 Å². The first-order chi connectivity index (χ1) is 28.4. The number of anilines is 1. The monoisotopic (exact) mass is 902 g/mol. The molecule has 0 aliphatic carbocycles. The van der Waals surface area contributed by atoms with Gasteiger partial charge in [0.15, 0.2) is 6.73 Å². The third kappa shape index (κ3) is 13.8. The van der Waals surface area contributed by atoms with Gasteiger partial charge in [-0.05, 0) is 90.3 Å². The Morgan fingerprint density at radius 2 is 1.50 bits per heavy atom. The van der Waals surface area contributed by atoms with Crippen molar-refractivity contribution in [3.05, 3.63) is 94.8 Å². The molecular formula is C41H46F7N4O9P. The Morgan fingerprint density at radius 1 is 0.903 bits per heavy atom. The smallest absolute Gasteiger partial charge is 0.444 e. The SMILES string of the molecule is Cc1cccc2c1N(COC(=O)Cc1ccc(OP(=O)(OC(C)(C)C)OC(C)(C)C)cc1)C(=O)[C@@H](NC(=O)[C@H](CCC(F)(F)F)[C@@H](C(N)=O)C(F)(F)F)N=C2c1cccc(F)c1. The number of alkyl halides is 6. The predicted molar refractivity (Wildman–Crippen MR) is 211 cm³/mol. The van der Waals surface area contributed by atoms with Gasteiger partial charge in [0.1, 0.15) is 17.5 Å². The van der Waals surface area contributed by atoms with Gasteiger partial charge in [0.05, 0.1) is 34.9 Å². The number of primary amides is 1. The van der Waals surface area contributed by atoms with Gasteiger partial charge < -0.3 is 20.3 Å². The molecule has 0 saturated heterocycles. The Bertz CT molecular complexity index is 2200. The van der Waals surface area contributed by atoms with Crippen LogP contribution in [-0.2, 0) is 43.9 Å². The zero-order chi connectivity index (χ0) is 46.6. The van der Waals surface area contributed by atoms with Crippen LogP contribution in [0.3, 0.4) is 0 Å². The Morgan fingerprint density at radius 3 is 2.03 bits per heavy atom. The number of hydrogen-bond acceptors (Lipinski definition) is 10. The molecule has 21 heteroatoms. The minimum atomic E-state index is -5.58. The summed E-state index contributed by atoms with van der Waals surface area (Å²) < 4.78 is 133. The molecule has 0 bridgehead atoms. The second-order valence-corrected chi connectivity index (χ2v) is 17.7. The number of fused-ring (bicyclic) bond motifs is 1. The van der Waals surface area contributed by atoms with Crippen molar-refractivity contribution in [3.63, 3.8) is 0 Å². The fourth-order valence-corrected chi connectivity index (χ4v) is 8.12. The van der Waals surface area contributed by atoms with Gasteiger partial charge in [-0.2, -0.15) is 26.3 Å². The average Bonchev–Trinajstić information content (AvgIpc) is 3.21. The third-order valence-electron chi connectivity index (χ3n) is 8.65. The van der Waals surface area contributed by atoms with Crippen molar-refractivity contribution in [1.82, 2.24) is 5.32 Å². The molecule has 0 spiro atoms. The van der Waals surface area contributed by atoms with Crippen molar-refractivity contribution in [1.29, 1.82) is 0 Å². The standard InChI is InChI=1S/C41H46F7N4O9P/c1-23-10-8-13-29-32(25-11-9-12-26(42)21-25)50-35(51-36(55)28(18-19-40(43,44)45)31(34(49)54)41(46,47)48)37(56)52(33(23)29)22-58-30(53)20-24-14-16-27(17-15-24)59-62(57,60-38(2,3)4)61-39(5,6)7/h8-17,21,28,31,35H,18-20,22H2,1-7H3,(H2,49,54)(H,51,55)/t28-,31+,35-/m1/s1. The third-order valence-corrected chi connectivity index (χ3v) is 10.6. The maximum Gasteiger partial charge on any atom is 0.531 e. The van der Waals surface area contributed by atoms with Crippen LogP contribution in [0.1, 0.15) is 76.6 Å². The van der Waals surface area contributed by atoms with E-state index in [2.05, 4.69) is 4.99 Å². The molecule has 3 atom stereocenters. The number of para-hydroxylation sites is 1. The zero-order valence-electron chi connectivity index (χ0n) is 34.7. The van der Waals surface area contributed by atoms with E-state index in [4.69, 9.17) is 24.0 Å². The molecule has 0 aromatic heterocycles. The van der Waals surface area contributed by atoms with Gasteiger partial charge in [-0.1, -0.05) is 42.5 Å². The Balaban J connectivity index is 1.67. The van der Waals surface area contributed by atoms with E-state index in [1.165, 1.54) is 48.5 Å². The van der Waals surface area contributed by atoms with Crippen molar-refractivity contribution in [3.8, 4) is 5.75 Å². The van der Waals surface area contributed by atoms with Crippen LogP contribution in [0.5, 0.6) is 5.75 Å². The number of phosphoric acid groups is 1. The number of nitrogens with two attached hydrogens (primary N) is 1. The summed E-state index contributed by atoms with van der Waals surface area (Å²) in [6.07, 6.45) is -16.7. The fourth-order valence-electron chi connectivity index (χ4n) is 6.28. The second kappa shape index (κ2) is 19.0. The number of nitrogens with zero attached hydrogens (tertiary/aromatic N) is 2. The molecular weight excluding hydrogens is 856 g/mol. The van der Waals surface area contributed by atoms with E-state index < -0.39 is 105 Å². The van der Waals surface area contributed by atoms with Crippen LogP contribution in [0.25, 0.3) is 0 Å². The topological polar surface area (TPSA) is 176 Å². The lowest BCUT2D eigenvalue weighted by Crippen LogP contribution is -2.53. The highest BCUT2D eigenvalue weighted by molar-refractivity contribution is 7.49. The van der Waals surface area contributed by atoms with Crippen molar-refractivity contribution in [2.24, 2.45) is 22.6 Å². The molecule has 3 amide bonds. The highest BCUT2D eigenvalue weighted by Crippen LogP contribution is 2.55. The molecule has 0 fully saturated rings. The van der Waals surface area contributed by atoms with Gasteiger partial charge >= 0.3 is 26.1 Å². The van der Waals surface area contributed by atoms with Crippen LogP contribution in [0, 0.1) is 24.6 Å². The van der Waals surface area contributed by atoms with Crippen LogP contribution in [0.2, 0.25) is 0 Å². The molecule has 13 nitrogen and oxygen atoms in total. The highest BCUT2D eigenvalue weighted by Gasteiger charge is 2.52. The fraction of sp³-hybridized carbons (Fsp3) is 0.439. The number of aliphatic imine (C=N–C) groups is 1. The van der Waals surface area contributed by atoms with E-state index in [9.17, 15) is 54.5 Å². The molecule has 338 valence electrons. The summed E-state index contributed by atoms with van der Waals surface area (Å²) >= 11 is 0. The van der Waals surface area contributed by atoms with E-state index in [0.29, 0.717) is 11.1 Å². The number of amides is 3. The molecule has 3 N–H and O–H groups in total. The second-order valence-electron chi connectivity index (χ2n) is 16.2. The molecule has 1 heterocycles. The van der Waals surface area contributed by atoms with Crippen LogP contribution < -0.4 is 20.5 Å². The Labute approximate surface area is 352 Å². The Hall–Kier alpha value is -5.33. The number of nitrogens with one attached hydrogen (secondary N) is 1. The summed E-state index contributed by atoms with van der Waals surface area (Å²) in [5.74, 6) is -13.0. The minimum Gasteiger partial charge on any atom is -0.444 e. The van der Waals surface area contributed by atoms with Crippen molar-refractivity contribution < 1.29 is 72.8 Å². The van der Waals surface area contributed by atoms with Crippen molar-refractivity contribution in [2.75, 3.05) is 11.6 Å². The van der Waals surface area contributed by atoms with Crippen LogP contribution in [0.4, 0.5) is 36.4 Å². The molecule has 3 aromatic rings. The molecule has 62 heavy (non-hydrogen) atoms. The van der Waals surface area contributed by atoms with Gasteiger partial charge in [-0.25, -0.2) is 13.9 Å². The quantitative estimate of drug-likeness (QED) is 0.0865. The summed E-state index contributed by atoms with van der Waals surface area (Å²) in [6.45, 7) is 10.6. The lowest BCUT2D eigenvalue weighted by Gasteiger charge is -2.30. The number of benzene rings is 3. The first-order valence-electron chi connectivity index (χ1n) is 18.9. The normalized spacial score (nSPS) is 16.1. The lowest BCUT2D eigenvalue weighted by atomic mass is 9.86. The molecule has 1 aliphatic heterocycles. The molecule has 0 radical (unpaired) electrons. The number of ether oxygens (including phenoxy) is 1. The van der Waals surface area contributed by atoms with Gasteiger partial charge in [-0.15, -0.1) is 0 Å². The number of aryl methyl sites for hydroxylation is 1. The molecule has 0 unspecified atom stereocenters. The van der Waals surface area contributed by atoms with Gasteiger partial charge in [0, 0.05) is 17.5 Å². The number of esters is 1. The summed E-state index contributed by atoms with van der Waals surface area (Å²) in [5, 5.41) is 1.95. The van der Waals surface area contributed by atoms with E-state index in [1.807, 2.05) is 5.32 Å². The predicted octanol–water partition coefficient (Wildman–Crippen LogP) is 8.24. The highest BCUT2D eigenvalue weighted by atomic mass is 31.2. The van der Waals surface area contributed by atoms with E-state index in [1.54, 1.807) is 54.5 Å². The van der Waals surface area contributed by atoms with Gasteiger partial charge in [0.25, 0.3) is 5.91 Å². The molecule has 3 aromatic carbocycles. The first kappa shape index (κ1) is 49.3. The van der Waals surface area contributed by atoms with Crippen LogP contribution >= 0.6 is 7.82 Å². The first-order valence-corrected chi connectivity index (χ1v) is 20.4. The number of carbonyl (C=O) groups excluding carboxylic acids is 4. The Kier molecular flexibility index (Phi) is 15.1. The van der Waals surface area contributed by atoms with Gasteiger partial charge in [-0.3, -0.25) is 33.1 Å². The lowest BCUT2D eigenvalue weighted by molar-refractivity contribution is -0.198. The van der Waals surface area contributed by atoms with Crippen molar-refractivity contribution >= 4 is 42.9 Å². The van der Waals surface area contributed by atoms with Crippen LogP contribution in [0.15, 0.2) is 71.7 Å². The number of phosphoric ester groups is 1. The zero-order valence-corrected chi connectivity index (χ0v) is 35.5. The van der Waals surface area contributed by atoms with E-state index in [-0.39, 0.29) is 28.3 Å². The molecule has 0 saturated carbocycles. The summed E-state index contributed by atoms with van der Waals surface area (Å²) in [4.78, 5) is 58.4. The largest absolute Gasteiger partial charge is 0.531 e. The molecule has 4 rings (SSSR count). The maximum atomic E-state index is 14.6. The number of hydrogen-bond donors (Lipinski definition) is 2. The molecule has 1 aliphatic rings. The maximum absolute atomic E-state index is 14.6. The number of carbonyl (C=O) groups is 4. The number of halogens is 7.